The molecule has 0 amide bonds. The molecule has 1 heterocycles. The number of aromatic nitrogens is 1. The fourth-order valence-electron chi connectivity index (χ4n) is 2.03. The van der Waals surface area contributed by atoms with Crippen LogP contribution in [0.5, 0.6) is 0 Å². The molecular formula is C14H14N2O2. The summed E-state index contributed by atoms with van der Waals surface area (Å²) in [7, 11) is 0. The minimum Gasteiger partial charge on any atom is -0.385 e. The van der Waals surface area contributed by atoms with Crippen LogP contribution in [-0.4, -0.2) is 16.6 Å². The number of nitrogens with one attached hydrogen (secondary N) is 1. The molecule has 3 N–H and O–H groups in total. The molecular weight excluding hydrogens is 228 g/mol. The zero-order valence-corrected chi connectivity index (χ0v) is 10.3. The van der Waals surface area contributed by atoms with Crippen molar-refractivity contribution in [2.24, 2.45) is 0 Å². The predicted molar refractivity (Wildman–Crippen MR) is 69.8 cm³/mol. The normalized spacial score (nSPS) is 10.3. The molecule has 0 saturated heterocycles. The van der Waals surface area contributed by atoms with E-state index in [0.29, 0.717) is 22.4 Å². The average molecular weight is 242 g/mol. The van der Waals surface area contributed by atoms with E-state index in [1.807, 2.05) is 6.07 Å². The zero-order valence-electron chi connectivity index (χ0n) is 10.3. The molecule has 18 heavy (non-hydrogen) atoms. The minimum atomic E-state index is -0.160. The van der Waals surface area contributed by atoms with Crippen molar-refractivity contribution < 1.29 is 9.59 Å². The lowest BCUT2D eigenvalue weighted by Gasteiger charge is -2.00. The lowest BCUT2D eigenvalue weighted by atomic mass is 10.0. The van der Waals surface area contributed by atoms with Gasteiger partial charge in [-0.1, -0.05) is 30.3 Å². The summed E-state index contributed by atoms with van der Waals surface area (Å²) >= 11 is 0. The number of nitrogens with two attached hydrogens (primary N) is 1. The van der Waals surface area contributed by atoms with Crippen molar-refractivity contribution in [2.45, 2.75) is 13.8 Å². The standard InChI is InChI=1S/C14H14N2O2/c1-8-11(9(2)17)14(15)16-12(8)13(18)10-6-4-3-5-7-10/h3-7,16H,15H2,1-2H3. The molecule has 0 aliphatic carbocycles. The third-order valence-corrected chi connectivity index (χ3v) is 2.89. The van der Waals surface area contributed by atoms with Gasteiger partial charge in [0.15, 0.2) is 5.78 Å². The van der Waals surface area contributed by atoms with Crippen molar-refractivity contribution in [3.63, 3.8) is 0 Å². The van der Waals surface area contributed by atoms with Crippen LogP contribution in [0.3, 0.4) is 0 Å². The first-order chi connectivity index (χ1) is 8.52. The van der Waals surface area contributed by atoms with Gasteiger partial charge in [0.05, 0.1) is 11.3 Å². The van der Waals surface area contributed by atoms with E-state index in [0.717, 1.165) is 0 Å². The smallest absolute Gasteiger partial charge is 0.209 e. The SMILES string of the molecule is CC(=O)c1c(N)[nH]c(C(=O)c2ccccc2)c1C. The van der Waals surface area contributed by atoms with Gasteiger partial charge in [0, 0.05) is 5.56 Å². The summed E-state index contributed by atoms with van der Waals surface area (Å²) in [6.07, 6.45) is 0. The molecule has 0 unspecified atom stereocenters. The summed E-state index contributed by atoms with van der Waals surface area (Å²) in [5, 5.41) is 0. The lowest BCUT2D eigenvalue weighted by Crippen LogP contribution is -2.04. The molecule has 2 rings (SSSR count). The molecule has 1 aromatic heterocycles. The van der Waals surface area contributed by atoms with E-state index < -0.39 is 0 Å². The number of Topliss-reactive ketones (excluding diaryl/α,β-unsaturated/α-hetero) is 1. The Labute approximate surface area is 105 Å². The van der Waals surface area contributed by atoms with Crippen LogP contribution >= 0.6 is 0 Å². The second-order valence-electron chi connectivity index (χ2n) is 4.17. The van der Waals surface area contributed by atoms with Gasteiger partial charge in [0.1, 0.15) is 5.82 Å². The monoisotopic (exact) mass is 242 g/mol. The quantitative estimate of drug-likeness (QED) is 0.811. The van der Waals surface area contributed by atoms with Crippen LogP contribution in [0.15, 0.2) is 30.3 Å². The van der Waals surface area contributed by atoms with Crippen molar-refractivity contribution >= 4 is 17.4 Å². The second-order valence-corrected chi connectivity index (χ2v) is 4.17. The van der Waals surface area contributed by atoms with Crippen LogP contribution in [0.4, 0.5) is 5.82 Å². The van der Waals surface area contributed by atoms with Gasteiger partial charge in [-0.25, -0.2) is 0 Å². The number of benzene rings is 1. The molecule has 4 nitrogen and oxygen atoms in total. The molecule has 1 aromatic carbocycles. The predicted octanol–water partition coefficient (Wildman–Crippen LogP) is 2.34. The number of aromatic amines is 1. The number of H-pyrrole nitrogens is 1. The van der Waals surface area contributed by atoms with E-state index >= 15 is 0 Å². The van der Waals surface area contributed by atoms with Gasteiger partial charge < -0.3 is 10.7 Å². The van der Waals surface area contributed by atoms with E-state index in [4.69, 9.17) is 5.73 Å². The molecule has 0 aliphatic heterocycles. The van der Waals surface area contributed by atoms with Crippen LogP contribution < -0.4 is 5.73 Å². The highest BCUT2D eigenvalue weighted by molar-refractivity contribution is 6.12. The number of hydrogen-bond donors (Lipinski definition) is 2. The molecule has 0 atom stereocenters. The van der Waals surface area contributed by atoms with Gasteiger partial charge >= 0.3 is 0 Å². The molecule has 0 saturated carbocycles. The number of rotatable bonds is 3. The Kier molecular flexibility index (Phi) is 3.02. The van der Waals surface area contributed by atoms with E-state index in [1.54, 1.807) is 31.2 Å². The lowest BCUT2D eigenvalue weighted by molar-refractivity contribution is 0.101. The van der Waals surface area contributed by atoms with Crippen LogP contribution in [0.1, 0.15) is 38.9 Å². The molecule has 2 aromatic rings. The van der Waals surface area contributed by atoms with Crippen molar-refractivity contribution in [3.8, 4) is 0 Å². The third kappa shape index (κ3) is 1.93. The van der Waals surface area contributed by atoms with Crippen molar-refractivity contribution in [1.29, 1.82) is 0 Å². The number of carbonyl (C=O) groups excluding carboxylic acids is 2. The van der Waals surface area contributed by atoms with E-state index in [-0.39, 0.29) is 17.4 Å². The second kappa shape index (κ2) is 4.49. The first-order valence-corrected chi connectivity index (χ1v) is 5.61. The van der Waals surface area contributed by atoms with E-state index in [9.17, 15) is 9.59 Å². The summed E-state index contributed by atoms with van der Waals surface area (Å²) in [6.45, 7) is 3.16. The highest BCUT2D eigenvalue weighted by Gasteiger charge is 2.21. The number of carbonyl (C=O) groups is 2. The van der Waals surface area contributed by atoms with Gasteiger partial charge in [0.25, 0.3) is 0 Å². The first kappa shape index (κ1) is 12.1. The van der Waals surface area contributed by atoms with Crippen molar-refractivity contribution in [3.05, 3.63) is 52.7 Å². The number of nitrogen functional groups attached to an aromatic ring is 1. The van der Waals surface area contributed by atoms with Gasteiger partial charge in [-0.15, -0.1) is 0 Å². The summed E-state index contributed by atoms with van der Waals surface area (Å²) in [5.41, 5.74) is 7.68. The van der Waals surface area contributed by atoms with E-state index in [1.165, 1.54) is 6.92 Å². The molecule has 0 spiro atoms. The average Bonchev–Trinajstić information content (AvgIpc) is 2.65. The molecule has 4 heteroatoms. The molecule has 92 valence electrons. The topological polar surface area (TPSA) is 76.0 Å². The zero-order chi connectivity index (χ0) is 13.3. The number of anilines is 1. The molecule has 0 aliphatic rings. The van der Waals surface area contributed by atoms with Gasteiger partial charge in [-0.2, -0.15) is 0 Å². The Morgan fingerprint density at radius 3 is 2.28 bits per heavy atom. The fraction of sp³-hybridized carbons (Fsp3) is 0.143. The van der Waals surface area contributed by atoms with Crippen LogP contribution in [-0.2, 0) is 0 Å². The molecule has 0 bridgehead atoms. The maximum Gasteiger partial charge on any atom is 0.209 e. The maximum absolute atomic E-state index is 12.3. The van der Waals surface area contributed by atoms with Crippen LogP contribution in [0, 0.1) is 6.92 Å². The Hall–Kier alpha value is -2.36. The summed E-state index contributed by atoms with van der Waals surface area (Å²) in [5.74, 6) is -0.0556. The highest BCUT2D eigenvalue weighted by atomic mass is 16.1. The van der Waals surface area contributed by atoms with Gasteiger partial charge in [-0.05, 0) is 19.4 Å². The molecule has 0 radical (unpaired) electrons. The Morgan fingerprint density at radius 2 is 1.78 bits per heavy atom. The van der Waals surface area contributed by atoms with Crippen molar-refractivity contribution in [1.82, 2.24) is 4.98 Å². The van der Waals surface area contributed by atoms with Crippen molar-refractivity contribution in [2.75, 3.05) is 5.73 Å². The van der Waals surface area contributed by atoms with Crippen LogP contribution in [0.25, 0.3) is 0 Å². The Morgan fingerprint density at radius 1 is 1.17 bits per heavy atom. The van der Waals surface area contributed by atoms with E-state index in [2.05, 4.69) is 4.98 Å². The number of ketones is 2. The summed E-state index contributed by atoms with van der Waals surface area (Å²) < 4.78 is 0. The minimum absolute atomic E-state index is 0.145. The Balaban J connectivity index is 2.51. The largest absolute Gasteiger partial charge is 0.385 e. The number of hydrogen-bond acceptors (Lipinski definition) is 3. The fourth-order valence-corrected chi connectivity index (χ4v) is 2.03. The Bertz CT molecular complexity index is 612. The van der Waals surface area contributed by atoms with Crippen LogP contribution in [0.2, 0.25) is 0 Å². The highest BCUT2D eigenvalue weighted by Crippen LogP contribution is 2.23. The van der Waals surface area contributed by atoms with Gasteiger partial charge in [-0.3, -0.25) is 9.59 Å². The first-order valence-electron chi connectivity index (χ1n) is 5.61. The third-order valence-electron chi connectivity index (χ3n) is 2.89. The summed E-state index contributed by atoms with van der Waals surface area (Å²) in [4.78, 5) is 26.5. The maximum atomic E-state index is 12.3. The summed E-state index contributed by atoms with van der Waals surface area (Å²) in [6, 6.07) is 8.88. The van der Waals surface area contributed by atoms with Gasteiger partial charge in [0.2, 0.25) is 5.78 Å². The molecule has 0 fully saturated rings.